The van der Waals surface area contributed by atoms with Gasteiger partial charge >= 0.3 is 0 Å². The van der Waals surface area contributed by atoms with E-state index in [9.17, 15) is 4.39 Å². The van der Waals surface area contributed by atoms with Crippen molar-refractivity contribution in [3.63, 3.8) is 0 Å². The largest absolute Gasteiger partial charge is 0.436 e. The maximum absolute atomic E-state index is 13.7. The van der Waals surface area contributed by atoms with Gasteiger partial charge in [0, 0.05) is 11.8 Å². The van der Waals surface area contributed by atoms with Crippen molar-refractivity contribution in [3.05, 3.63) is 41.1 Å². The number of halogens is 1. The van der Waals surface area contributed by atoms with Gasteiger partial charge in [-0.1, -0.05) is 6.07 Å². The van der Waals surface area contributed by atoms with Crippen molar-refractivity contribution in [2.45, 2.75) is 20.8 Å². The first-order chi connectivity index (χ1) is 8.49. The molecule has 4 nitrogen and oxygen atoms in total. The molecule has 0 aliphatic rings. The SMILES string of the molecule is Cc1cc(C)c(Oc2ncnc(C)c2F)cc1N. The molecule has 1 heterocycles. The van der Waals surface area contributed by atoms with Crippen LogP contribution in [0.2, 0.25) is 0 Å². The smallest absolute Gasteiger partial charge is 0.259 e. The summed E-state index contributed by atoms with van der Waals surface area (Å²) in [6, 6.07) is 3.55. The van der Waals surface area contributed by atoms with Crippen LogP contribution in [-0.4, -0.2) is 9.97 Å². The Kier molecular flexibility index (Phi) is 3.14. The molecule has 18 heavy (non-hydrogen) atoms. The summed E-state index contributed by atoms with van der Waals surface area (Å²) < 4.78 is 19.2. The summed E-state index contributed by atoms with van der Waals surface area (Å²) in [5.41, 5.74) is 8.48. The second-order valence-corrected chi connectivity index (χ2v) is 4.15. The van der Waals surface area contributed by atoms with Crippen LogP contribution < -0.4 is 10.5 Å². The van der Waals surface area contributed by atoms with Crippen molar-refractivity contribution in [2.75, 3.05) is 5.73 Å². The third kappa shape index (κ3) is 2.25. The number of benzene rings is 1. The summed E-state index contributed by atoms with van der Waals surface area (Å²) in [5, 5.41) is 0. The molecule has 0 aliphatic heterocycles. The summed E-state index contributed by atoms with van der Waals surface area (Å²) in [4.78, 5) is 7.52. The van der Waals surface area contributed by atoms with Crippen LogP contribution in [0, 0.1) is 26.6 Å². The molecule has 0 saturated carbocycles. The first kappa shape index (κ1) is 12.3. The highest BCUT2D eigenvalue weighted by Crippen LogP contribution is 2.29. The normalized spacial score (nSPS) is 10.4. The van der Waals surface area contributed by atoms with E-state index in [2.05, 4.69) is 9.97 Å². The topological polar surface area (TPSA) is 61.0 Å². The Morgan fingerprint density at radius 3 is 2.56 bits per heavy atom. The number of hydrogen-bond acceptors (Lipinski definition) is 4. The minimum atomic E-state index is -0.559. The summed E-state index contributed by atoms with van der Waals surface area (Å²) in [7, 11) is 0. The van der Waals surface area contributed by atoms with Crippen LogP contribution in [0.15, 0.2) is 18.5 Å². The quantitative estimate of drug-likeness (QED) is 0.829. The molecule has 0 saturated heterocycles. The van der Waals surface area contributed by atoms with Gasteiger partial charge in [-0.2, -0.15) is 9.37 Å². The molecule has 2 N–H and O–H groups in total. The lowest BCUT2D eigenvalue weighted by atomic mass is 10.1. The zero-order valence-corrected chi connectivity index (χ0v) is 10.5. The summed E-state index contributed by atoms with van der Waals surface area (Å²) >= 11 is 0. The molecule has 0 amide bonds. The fourth-order valence-electron chi connectivity index (χ4n) is 1.57. The second kappa shape index (κ2) is 4.60. The van der Waals surface area contributed by atoms with Crippen molar-refractivity contribution in [2.24, 2.45) is 0 Å². The van der Waals surface area contributed by atoms with Crippen LogP contribution >= 0.6 is 0 Å². The molecule has 0 aliphatic carbocycles. The molecule has 0 atom stereocenters. The van der Waals surface area contributed by atoms with E-state index >= 15 is 0 Å². The van der Waals surface area contributed by atoms with Gasteiger partial charge in [0.2, 0.25) is 5.82 Å². The number of hydrogen-bond donors (Lipinski definition) is 1. The number of nitrogen functional groups attached to an aromatic ring is 1. The average Bonchev–Trinajstić information content (AvgIpc) is 2.32. The van der Waals surface area contributed by atoms with E-state index in [4.69, 9.17) is 10.5 Å². The Labute approximate surface area is 105 Å². The highest BCUT2D eigenvalue weighted by molar-refractivity contribution is 5.54. The number of rotatable bonds is 2. The molecular weight excluding hydrogens is 233 g/mol. The van der Waals surface area contributed by atoms with Crippen LogP contribution in [0.25, 0.3) is 0 Å². The van der Waals surface area contributed by atoms with Gasteiger partial charge in [-0.3, -0.25) is 0 Å². The van der Waals surface area contributed by atoms with Gasteiger partial charge in [-0.25, -0.2) is 4.98 Å². The molecule has 2 rings (SSSR count). The molecule has 0 unspecified atom stereocenters. The number of aromatic nitrogens is 2. The molecule has 5 heteroatoms. The van der Waals surface area contributed by atoms with Crippen molar-refractivity contribution in [3.8, 4) is 11.6 Å². The molecule has 1 aromatic heterocycles. The van der Waals surface area contributed by atoms with E-state index in [-0.39, 0.29) is 11.6 Å². The van der Waals surface area contributed by atoms with E-state index in [0.717, 1.165) is 11.1 Å². The van der Waals surface area contributed by atoms with E-state index in [0.29, 0.717) is 11.4 Å². The van der Waals surface area contributed by atoms with Gasteiger partial charge in [0.25, 0.3) is 5.88 Å². The van der Waals surface area contributed by atoms with Crippen molar-refractivity contribution in [1.29, 1.82) is 0 Å². The molecule has 0 bridgehead atoms. The van der Waals surface area contributed by atoms with Crippen molar-refractivity contribution in [1.82, 2.24) is 9.97 Å². The molecular formula is C13H14FN3O. The third-order valence-corrected chi connectivity index (χ3v) is 2.70. The fourth-order valence-corrected chi connectivity index (χ4v) is 1.57. The fraction of sp³-hybridized carbons (Fsp3) is 0.231. The van der Waals surface area contributed by atoms with Crippen LogP contribution in [0.5, 0.6) is 11.6 Å². The van der Waals surface area contributed by atoms with Crippen molar-refractivity contribution >= 4 is 5.69 Å². The summed E-state index contributed by atoms with van der Waals surface area (Å²) in [6.07, 6.45) is 1.26. The van der Waals surface area contributed by atoms with Gasteiger partial charge in [0.05, 0.1) is 5.69 Å². The standard InChI is InChI=1S/C13H14FN3O/c1-7-4-8(2)11(5-10(7)15)18-13-12(14)9(3)16-6-17-13/h4-6H,15H2,1-3H3. The van der Waals surface area contributed by atoms with Crippen molar-refractivity contribution < 1.29 is 9.13 Å². The lowest BCUT2D eigenvalue weighted by molar-refractivity contribution is 0.414. The van der Waals surface area contributed by atoms with Crippen LogP contribution in [0.1, 0.15) is 16.8 Å². The Morgan fingerprint density at radius 1 is 1.11 bits per heavy atom. The third-order valence-electron chi connectivity index (χ3n) is 2.70. The highest BCUT2D eigenvalue weighted by atomic mass is 19.1. The predicted octanol–water partition coefficient (Wildman–Crippen LogP) is 2.92. The lowest BCUT2D eigenvalue weighted by Gasteiger charge is -2.11. The average molecular weight is 247 g/mol. The minimum Gasteiger partial charge on any atom is -0.436 e. The van der Waals surface area contributed by atoms with E-state index < -0.39 is 5.82 Å². The number of aryl methyl sites for hydroxylation is 3. The van der Waals surface area contributed by atoms with Gasteiger partial charge in [-0.05, 0) is 31.9 Å². The molecule has 0 spiro atoms. The lowest BCUT2D eigenvalue weighted by Crippen LogP contribution is -1.99. The van der Waals surface area contributed by atoms with E-state index in [1.54, 1.807) is 13.0 Å². The van der Waals surface area contributed by atoms with E-state index in [1.165, 1.54) is 6.33 Å². The Hall–Kier alpha value is -2.17. The van der Waals surface area contributed by atoms with Crippen LogP contribution in [-0.2, 0) is 0 Å². The van der Waals surface area contributed by atoms with Crippen LogP contribution in [0.3, 0.4) is 0 Å². The highest BCUT2D eigenvalue weighted by Gasteiger charge is 2.12. The first-order valence-corrected chi connectivity index (χ1v) is 5.50. The first-order valence-electron chi connectivity index (χ1n) is 5.50. The summed E-state index contributed by atoms with van der Waals surface area (Å²) in [5.74, 6) is -0.153. The van der Waals surface area contributed by atoms with Gasteiger partial charge in [0.1, 0.15) is 12.1 Å². The van der Waals surface area contributed by atoms with Gasteiger partial charge in [-0.15, -0.1) is 0 Å². The zero-order valence-electron chi connectivity index (χ0n) is 10.5. The van der Waals surface area contributed by atoms with Gasteiger partial charge in [0.15, 0.2) is 0 Å². The maximum Gasteiger partial charge on any atom is 0.259 e. The number of nitrogens with two attached hydrogens (primary N) is 1. The minimum absolute atomic E-state index is 0.0890. The molecule has 94 valence electrons. The Morgan fingerprint density at radius 2 is 1.83 bits per heavy atom. The molecule has 0 radical (unpaired) electrons. The predicted molar refractivity (Wildman–Crippen MR) is 67.1 cm³/mol. The molecule has 0 fully saturated rings. The molecule has 1 aromatic carbocycles. The number of ether oxygens (including phenoxy) is 1. The molecule has 2 aromatic rings. The monoisotopic (exact) mass is 247 g/mol. The maximum atomic E-state index is 13.7. The second-order valence-electron chi connectivity index (χ2n) is 4.15. The van der Waals surface area contributed by atoms with Crippen LogP contribution in [0.4, 0.5) is 10.1 Å². The number of anilines is 1. The summed E-state index contributed by atoms with van der Waals surface area (Å²) in [6.45, 7) is 5.33. The van der Waals surface area contributed by atoms with E-state index in [1.807, 2.05) is 19.9 Å². The Balaban J connectivity index is 2.40. The van der Waals surface area contributed by atoms with Gasteiger partial charge < -0.3 is 10.5 Å². The Bertz CT molecular complexity index is 599. The number of nitrogens with zero attached hydrogens (tertiary/aromatic N) is 2. The zero-order chi connectivity index (χ0) is 13.3.